The maximum absolute atomic E-state index is 13.3. The predicted molar refractivity (Wildman–Crippen MR) is 64.1 cm³/mol. The van der Waals surface area contributed by atoms with E-state index < -0.39 is 5.60 Å². The molecule has 1 fully saturated rings. The third kappa shape index (κ3) is 2.51. The number of hydrogen-bond donors (Lipinski definition) is 2. The number of hydrazine groups is 1. The number of nitrogens with zero attached hydrogens (tertiary/aromatic N) is 1. The van der Waals surface area contributed by atoms with Crippen LogP contribution in [0.5, 0.6) is 0 Å². The largest absolute Gasteiger partial charge is 0.381 e. The average molecular weight is 255 g/mol. The summed E-state index contributed by atoms with van der Waals surface area (Å²) in [5.41, 5.74) is 2.92. The lowest BCUT2D eigenvalue weighted by Crippen LogP contribution is -2.51. The fourth-order valence-corrected chi connectivity index (χ4v) is 2.47. The van der Waals surface area contributed by atoms with Crippen LogP contribution in [0.1, 0.15) is 24.4 Å². The van der Waals surface area contributed by atoms with Gasteiger partial charge in [-0.15, -0.1) is 0 Å². The van der Waals surface area contributed by atoms with E-state index >= 15 is 0 Å². The Morgan fingerprint density at radius 3 is 2.78 bits per heavy atom. The summed E-state index contributed by atoms with van der Waals surface area (Å²) < 4.78 is 24.3. The molecule has 1 aromatic rings. The molecule has 2 rings (SSSR count). The number of ether oxygens (including phenoxy) is 2. The SMILES string of the molecule is COC1(C(NN)c2cncc(F)c2)CCOCC1. The molecular formula is C12H18FN3O2. The summed E-state index contributed by atoms with van der Waals surface area (Å²) in [5, 5.41) is 0. The van der Waals surface area contributed by atoms with E-state index in [1.54, 1.807) is 13.3 Å². The molecule has 0 aromatic carbocycles. The van der Waals surface area contributed by atoms with Gasteiger partial charge < -0.3 is 9.47 Å². The molecule has 1 unspecified atom stereocenters. The first-order valence-electron chi connectivity index (χ1n) is 5.91. The van der Waals surface area contributed by atoms with E-state index in [0.717, 1.165) is 0 Å². The molecule has 0 bridgehead atoms. The highest BCUT2D eigenvalue weighted by molar-refractivity contribution is 5.19. The molecule has 6 heteroatoms. The first-order chi connectivity index (χ1) is 8.72. The second-order valence-electron chi connectivity index (χ2n) is 4.42. The Morgan fingerprint density at radius 1 is 1.50 bits per heavy atom. The van der Waals surface area contributed by atoms with E-state index in [1.807, 2.05) is 0 Å². The number of methoxy groups -OCH3 is 1. The number of pyridine rings is 1. The Labute approximate surface area is 105 Å². The van der Waals surface area contributed by atoms with Crippen molar-refractivity contribution >= 4 is 0 Å². The lowest BCUT2D eigenvalue weighted by atomic mass is 9.83. The van der Waals surface area contributed by atoms with Gasteiger partial charge in [-0.2, -0.15) is 0 Å². The molecule has 0 amide bonds. The second kappa shape index (κ2) is 5.71. The van der Waals surface area contributed by atoms with Gasteiger partial charge in [-0.3, -0.25) is 16.3 Å². The summed E-state index contributed by atoms with van der Waals surface area (Å²) in [4.78, 5) is 3.86. The van der Waals surface area contributed by atoms with Gasteiger partial charge in [0, 0.05) is 39.4 Å². The Kier molecular flexibility index (Phi) is 4.23. The van der Waals surface area contributed by atoms with Crippen LogP contribution in [0.2, 0.25) is 0 Å². The monoisotopic (exact) mass is 255 g/mol. The van der Waals surface area contributed by atoms with Crippen molar-refractivity contribution in [1.29, 1.82) is 0 Å². The second-order valence-corrected chi connectivity index (χ2v) is 4.42. The van der Waals surface area contributed by atoms with E-state index in [1.165, 1.54) is 12.3 Å². The number of halogens is 1. The molecule has 0 radical (unpaired) electrons. The smallest absolute Gasteiger partial charge is 0.141 e. The topological polar surface area (TPSA) is 69.4 Å². The van der Waals surface area contributed by atoms with Gasteiger partial charge in [0.05, 0.1) is 17.8 Å². The van der Waals surface area contributed by atoms with Gasteiger partial charge in [0.2, 0.25) is 0 Å². The molecule has 0 saturated carbocycles. The Hall–Kier alpha value is -1.08. The minimum Gasteiger partial charge on any atom is -0.381 e. The van der Waals surface area contributed by atoms with Crippen LogP contribution in [0.3, 0.4) is 0 Å². The third-order valence-corrected chi connectivity index (χ3v) is 3.50. The fraction of sp³-hybridized carbons (Fsp3) is 0.583. The van der Waals surface area contributed by atoms with Crippen molar-refractivity contribution in [3.63, 3.8) is 0 Å². The molecular weight excluding hydrogens is 237 g/mol. The molecule has 3 N–H and O–H groups in total. The normalized spacial score (nSPS) is 20.6. The highest BCUT2D eigenvalue weighted by Gasteiger charge is 2.41. The van der Waals surface area contributed by atoms with Gasteiger partial charge in [-0.1, -0.05) is 0 Å². The summed E-state index contributed by atoms with van der Waals surface area (Å²) in [5.74, 6) is 5.24. The Morgan fingerprint density at radius 2 is 2.22 bits per heavy atom. The van der Waals surface area contributed by atoms with Crippen molar-refractivity contribution in [3.05, 3.63) is 29.8 Å². The fourth-order valence-electron chi connectivity index (χ4n) is 2.47. The van der Waals surface area contributed by atoms with Crippen LogP contribution in [-0.2, 0) is 9.47 Å². The summed E-state index contributed by atoms with van der Waals surface area (Å²) in [6, 6.07) is 1.11. The quantitative estimate of drug-likeness (QED) is 0.618. The highest BCUT2D eigenvalue weighted by atomic mass is 19.1. The molecule has 18 heavy (non-hydrogen) atoms. The van der Waals surface area contributed by atoms with Crippen LogP contribution in [0.4, 0.5) is 4.39 Å². The maximum Gasteiger partial charge on any atom is 0.141 e. The van der Waals surface area contributed by atoms with Crippen LogP contribution >= 0.6 is 0 Å². The predicted octanol–water partition coefficient (Wildman–Crippen LogP) is 0.921. The van der Waals surface area contributed by atoms with E-state index in [4.69, 9.17) is 15.3 Å². The lowest BCUT2D eigenvalue weighted by Gasteiger charge is -2.42. The summed E-state index contributed by atoms with van der Waals surface area (Å²) in [7, 11) is 1.64. The molecule has 0 spiro atoms. The Balaban J connectivity index is 2.31. The van der Waals surface area contributed by atoms with Crippen molar-refractivity contribution in [3.8, 4) is 0 Å². The van der Waals surface area contributed by atoms with Gasteiger partial charge in [0.1, 0.15) is 5.82 Å². The minimum atomic E-state index is -0.484. The average Bonchev–Trinajstić information content (AvgIpc) is 2.41. The van der Waals surface area contributed by atoms with E-state index in [-0.39, 0.29) is 11.9 Å². The van der Waals surface area contributed by atoms with Gasteiger partial charge in [0.25, 0.3) is 0 Å². The van der Waals surface area contributed by atoms with Crippen LogP contribution < -0.4 is 11.3 Å². The standard InChI is InChI=1S/C12H18FN3O2/c1-17-12(2-4-18-5-3-12)11(16-14)9-6-10(13)8-15-7-9/h6-8,11,16H,2-5,14H2,1H3. The number of nitrogens with one attached hydrogen (secondary N) is 1. The summed E-state index contributed by atoms with van der Waals surface area (Å²) in [6.45, 7) is 1.21. The first kappa shape index (κ1) is 13.4. The minimum absolute atomic E-state index is 0.311. The number of aromatic nitrogens is 1. The van der Waals surface area contributed by atoms with Gasteiger partial charge in [-0.25, -0.2) is 4.39 Å². The van der Waals surface area contributed by atoms with Crippen molar-refractivity contribution in [1.82, 2.24) is 10.4 Å². The highest BCUT2D eigenvalue weighted by Crippen LogP contribution is 2.36. The molecule has 5 nitrogen and oxygen atoms in total. The molecule has 0 aliphatic carbocycles. The molecule has 1 aliphatic heterocycles. The first-order valence-corrected chi connectivity index (χ1v) is 5.91. The van der Waals surface area contributed by atoms with Crippen molar-refractivity contribution < 1.29 is 13.9 Å². The van der Waals surface area contributed by atoms with Gasteiger partial charge in [0.15, 0.2) is 0 Å². The Bertz CT molecular complexity index is 397. The van der Waals surface area contributed by atoms with Crippen LogP contribution in [0.15, 0.2) is 18.5 Å². The summed E-state index contributed by atoms with van der Waals surface area (Å²) in [6.07, 6.45) is 4.17. The maximum atomic E-state index is 13.3. The third-order valence-electron chi connectivity index (χ3n) is 3.50. The van der Waals surface area contributed by atoms with Crippen molar-refractivity contribution in [2.24, 2.45) is 5.84 Å². The van der Waals surface area contributed by atoms with Crippen LogP contribution in [-0.4, -0.2) is 30.9 Å². The van der Waals surface area contributed by atoms with Gasteiger partial charge in [-0.05, 0) is 11.6 Å². The van der Waals surface area contributed by atoms with Gasteiger partial charge >= 0.3 is 0 Å². The van der Waals surface area contributed by atoms with Crippen LogP contribution in [0.25, 0.3) is 0 Å². The van der Waals surface area contributed by atoms with E-state index in [2.05, 4.69) is 10.4 Å². The van der Waals surface area contributed by atoms with Crippen molar-refractivity contribution in [2.45, 2.75) is 24.5 Å². The number of rotatable bonds is 4. The zero-order valence-electron chi connectivity index (χ0n) is 10.4. The number of nitrogens with two attached hydrogens (primary N) is 1. The van der Waals surface area contributed by atoms with Crippen molar-refractivity contribution in [2.75, 3.05) is 20.3 Å². The molecule has 1 aromatic heterocycles. The molecule has 1 saturated heterocycles. The van der Waals surface area contributed by atoms with E-state index in [9.17, 15) is 4.39 Å². The zero-order chi connectivity index (χ0) is 13.0. The zero-order valence-corrected chi connectivity index (χ0v) is 10.4. The summed E-state index contributed by atoms with van der Waals surface area (Å²) >= 11 is 0. The molecule has 2 heterocycles. The number of hydrogen-bond acceptors (Lipinski definition) is 5. The molecule has 1 atom stereocenters. The van der Waals surface area contributed by atoms with Crippen LogP contribution in [0, 0.1) is 5.82 Å². The molecule has 100 valence electrons. The lowest BCUT2D eigenvalue weighted by molar-refractivity contribution is -0.111. The molecule has 1 aliphatic rings. The van der Waals surface area contributed by atoms with E-state index in [0.29, 0.717) is 31.6 Å².